The van der Waals surface area contributed by atoms with Gasteiger partial charge in [-0.15, -0.1) is 0 Å². The maximum atomic E-state index is 12.9. The van der Waals surface area contributed by atoms with Gasteiger partial charge in [-0.25, -0.2) is 8.42 Å². The molecule has 0 radical (unpaired) electrons. The molecule has 0 fully saturated rings. The Balaban J connectivity index is 2.40. The van der Waals surface area contributed by atoms with E-state index in [0.29, 0.717) is 22.8 Å². The molecule has 1 amide bonds. The van der Waals surface area contributed by atoms with Crippen molar-refractivity contribution in [2.45, 2.75) is 33.2 Å². The number of nitrogens with zero attached hydrogens (tertiary/aromatic N) is 1. The Kier molecular flexibility index (Phi) is 6.31. The van der Waals surface area contributed by atoms with Crippen LogP contribution in [-0.4, -0.2) is 26.6 Å². The minimum atomic E-state index is -3.67. The van der Waals surface area contributed by atoms with E-state index in [9.17, 15) is 13.2 Å². The maximum absolute atomic E-state index is 12.9. The van der Waals surface area contributed by atoms with Crippen LogP contribution in [0.4, 0.5) is 11.4 Å². The molecule has 26 heavy (non-hydrogen) atoms. The van der Waals surface area contributed by atoms with Gasteiger partial charge in [0.15, 0.2) is 0 Å². The number of rotatable bonds is 6. The summed E-state index contributed by atoms with van der Waals surface area (Å²) in [6.07, 6.45) is 1.42. The summed E-state index contributed by atoms with van der Waals surface area (Å²) in [6.45, 7) is 5.65. The molecule has 7 heteroatoms. The number of halogens is 1. The third-order valence-corrected chi connectivity index (χ3v) is 5.71. The maximum Gasteiger partial charge on any atom is 0.248 e. The van der Waals surface area contributed by atoms with E-state index in [1.165, 1.54) is 0 Å². The van der Waals surface area contributed by atoms with E-state index in [1.54, 1.807) is 37.3 Å². The van der Waals surface area contributed by atoms with Gasteiger partial charge in [-0.3, -0.25) is 9.10 Å². The van der Waals surface area contributed by atoms with E-state index in [1.807, 2.05) is 26.0 Å². The number of carbonyl (C=O) groups excluding carboxylic acids is 1. The molecule has 2 rings (SSSR count). The predicted octanol–water partition coefficient (Wildman–Crippen LogP) is 4.14. The Labute approximate surface area is 160 Å². The number of nitrogens with one attached hydrogen (secondary N) is 1. The van der Waals surface area contributed by atoms with Gasteiger partial charge in [0.1, 0.15) is 6.04 Å². The van der Waals surface area contributed by atoms with Crippen molar-refractivity contribution in [1.29, 1.82) is 0 Å². The van der Waals surface area contributed by atoms with Gasteiger partial charge in [-0.05, 0) is 61.7 Å². The Morgan fingerprint density at radius 1 is 1.15 bits per heavy atom. The second-order valence-corrected chi connectivity index (χ2v) is 8.49. The molecule has 1 N–H and O–H groups in total. The molecule has 0 spiro atoms. The second-order valence-electron chi connectivity index (χ2n) is 6.20. The molecule has 0 aromatic heterocycles. The van der Waals surface area contributed by atoms with Crippen LogP contribution in [0.1, 0.15) is 24.5 Å². The number of hydrogen-bond acceptors (Lipinski definition) is 3. The molecular weight excluding hydrogens is 372 g/mol. The first-order valence-corrected chi connectivity index (χ1v) is 10.5. The highest BCUT2D eigenvalue weighted by molar-refractivity contribution is 7.92. The van der Waals surface area contributed by atoms with Crippen molar-refractivity contribution in [3.8, 4) is 0 Å². The molecule has 5 nitrogen and oxygen atoms in total. The fraction of sp³-hybridized carbons (Fsp3) is 0.316. The zero-order valence-electron chi connectivity index (χ0n) is 15.3. The van der Waals surface area contributed by atoms with Gasteiger partial charge in [0.2, 0.25) is 15.9 Å². The monoisotopic (exact) mass is 394 g/mol. The fourth-order valence-corrected chi connectivity index (χ4v) is 4.09. The average Bonchev–Trinajstić information content (AvgIpc) is 2.56. The van der Waals surface area contributed by atoms with Crippen molar-refractivity contribution in [1.82, 2.24) is 0 Å². The predicted molar refractivity (Wildman–Crippen MR) is 107 cm³/mol. The van der Waals surface area contributed by atoms with Crippen LogP contribution in [0.15, 0.2) is 42.5 Å². The molecule has 0 aliphatic carbocycles. The molecule has 140 valence electrons. The minimum Gasteiger partial charge on any atom is -0.324 e. The summed E-state index contributed by atoms with van der Waals surface area (Å²) < 4.78 is 26.0. The fourth-order valence-electron chi connectivity index (χ4n) is 2.75. The van der Waals surface area contributed by atoms with Crippen molar-refractivity contribution in [2.75, 3.05) is 15.9 Å². The largest absolute Gasteiger partial charge is 0.324 e. The molecule has 0 aliphatic heterocycles. The second kappa shape index (κ2) is 8.10. The van der Waals surface area contributed by atoms with E-state index < -0.39 is 16.1 Å². The SMILES string of the molecule is CC[C@@H](C(=O)Nc1cccc(C)c1C)N(c1ccc(Cl)cc1)S(C)(=O)=O. The van der Waals surface area contributed by atoms with Crippen molar-refractivity contribution < 1.29 is 13.2 Å². The van der Waals surface area contributed by atoms with Crippen LogP contribution in [0.3, 0.4) is 0 Å². The zero-order valence-corrected chi connectivity index (χ0v) is 16.9. The lowest BCUT2D eigenvalue weighted by Gasteiger charge is -2.30. The molecule has 0 bridgehead atoms. The van der Waals surface area contributed by atoms with E-state index in [0.717, 1.165) is 21.7 Å². The summed E-state index contributed by atoms with van der Waals surface area (Å²) in [5.41, 5.74) is 3.08. The van der Waals surface area contributed by atoms with Crippen molar-refractivity contribution in [3.05, 3.63) is 58.6 Å². The first kappa shape index (κ1) is 20.3. The molecule has 0 aliphatic rings. The summed E-state index contributed by atoms with van der Waals surface area (Å²) in [5.74, 6) is -0.374. The van der Waals surface area contributed by atoms with E-state index in [2.05, 4.69) is 5.32 Å². The van der Waals surface area contributed by atoms with Crippen molar-refractivity contribution in [2.24, 2.45) is 0 Å². The minimum absolute atomic E-state index is 0.326. The van der Waals surface area contributed by atoms with Crippen molar-refractivity contribution >= 4 is 38.9 Å². The van der Waals surface area contributed by atoms with Crippen LogP contribution in [0.2, 0.25) is 5.02 Å². The van der Waals surface area contributed by atoms with Gasteiger partial charge < -0.3 is 5.32 Å². The third kappa shape index (κ3) is 4.56. The summed E-state index contributed by atoms with van der Waals surface area (Å²) in [4.78, 5) is 12.9. The molecule has 0 unspecified atom stereocenters. The number of benzene rings is 2. The quantitative estimate of drug-likeness (QED) is 0.800. The number of carbonyl (C=O) groups is 1. The average molecular weight is 395 g/mol. The van der Waals surface area contributed by atoms with Crippen LogP contribution >= 0.6 is 11.6 Å². The van der Waals surface area contributed by atoms with Gasteiger partial charge in [0.25, 0.3) is 0 Å². The highest BCUT2D eigenvalue weighted by Gasteiger charge is 2.31. The normalized spacial score (nSPS) is 12.5. The molecule has 0 heterocycles. The zero-order chi connectivity index (χ0) is 19.5. The lowest BCUT2D eigenvalue weighted by Crippen LogP contribution is -2.47. The molecule has 1 atom stereocenters. The van der Waals surface area contributed by atoms with Crippen LogP contribution < -0.4 is 9.62 Å². The smallest absolute Gasteiger partial charge is 0.248 e. The number of hydrogen-bond donors (Lipinski definition) is 1. The van der Waals surface area contributed by atoms with Gasteiger partial charge in [-0.2, -0.15) is 0 Å². The van der Waals surface area contributed by atoms with E-state index >= 15 is 0 Å². The first-order valence-electron chi connectivity index (χ1n) is 8.27. The van der Waals surface area contributed by atoms with Crippen LogP contribution in [0, 0.1) is 13.8 Å². The van der Waals surface area contributed by atoms with Crippen LogP contribution in [-0.2, 0) is 14.8 Å². The molecule has 2 aromatic rings. The molecule has 0 saturated carbocycles. The topological polar surface area (TPSA) is 66.5 Å². The third-order valence-electron chi connectivity index (χ3n) is 4.27. The lowest BCUT2D eigenvalue weighted by atomic mass is 10.1. The Hall–Kier alpha value is -2.05. The Morgan fingerprint density at radius 3 is 2.31 bits per heavy atom. The number of aryl methyl sites for hydroxylation is 1. The van der Waals surface area contributed by atoms with E-state index in [4.69, 9.17) is 11.6 Å². The standard InChI is InChI=1S/C19H23ClN2O3S/c1-5-18(19(23)21-17-8-6-7-13(2)14(17)3)22(26(4,24)25)16-11-9-15(20)10-12-16/h6-12,18H,5H2,1-4H3,(H,21,23)/t18-/m0/s1. The van der Waals surface area contributed by atoms with Crippen molar-refractivity contribution in [3.63, 3.8) is 0 Å². The number of sulfonamides is 1. The van der Waals surface area contributed by atoms with Gasteiger partial charge in [-0.1, -0.05) is 30.7 Å². The summed E-state index contributed by atoms with van der Waals surface area (Å²) >= 11 is 5.90. The highest BCUT2D eigenvalue weighted by atomic mass is 35.5. The van der Waals surface area contributed by atoms with Gasteiger partial charge in [0.05, 0.1) is 11.9 Å². The summed E-state index contributed by atoms with van der Waals surface area (Å²) in [7, 11) is -3.67. The van der Waals surface area contributed by atoms with Gasteiger partial charge >= 0.3 is 0 Å². The van der Waals surface area contributed by atoms with Gasteiger partial charge in [0, 0.05) is 10.7 Å². The lowest BCUT2D eigenvalue weighted by molar-refractivity contribution is -0.117. The van der Waals surface area contributed by atoms with Crippen LogP contribution in [0.25, 0.3) is 0 Å². The summed E-state index contributed by atoms with van der Waals surface area (Å²) in [6, 6.07) is 11.1. The highest BCUT2D eigenvalue weighted by Crippen LogP contribution is 2.26. The Morgan fingerprint density at radius 2 is 1.77 bits per heavy atom. The molecular formula is C19H23ClN2O3S. The van der Waals surface area contributed by atoms with E-state index in [-0.39, 0.29) is 5.91 Å². The first-order chi connectivity index (χ1) is 12.1. The molecule has 0 saturated heterocycles. The number of anilines is 2. The number of amides is 1. The van der Waals surface area contributed by atoms with Crippen LogP contribution in [0.5, 0.6) is 0 Å². The molecule has 2 aromatic carbocycles. The summed E-state index contributed by atoms with van der Waals surface area (Å²) in [5, 5.41) is 3.36. The Bertz CT molecular complexity index is 896.